The smallest absolute Gasteiger partial charge is 0.219 e. The van der Waals surface area contributed by atoms with Crippen molar-refractivity contribution in [2.75, 3.05) is 13.7 Å². The molecule has 4 heteroatoms. The number of hydrogen-bond donors (Lipinski definition) is 2. The summed E-state index contributed by atoms with van der Waals surface area (Å²) < 4.78 is 5.47. The van der Waals surface area contributed by atoms with E-state index in [0.29, 0.717) is 19.4 Å². The number of amides is 1. The zero-order valence-corrected chi connectivity index (χ0v) is 10.3. The molecule has 94 valence electrons. The first kappa shape index (κ1) is 13.5. The molecule has 2 N–H and O–H groups in total. The molecule has 17 heavy (non-hydrogen) atoms. The Hall–Kier alpha value is -1.55. The van der Waals surface area contributed by atoms with Crippen molar-refractivity contribution < 1.29 is 14.6 Å². The molecule has 0 saturated carbocycles. The van der Waals surface area contributed by atoms with Crippen molar-refractivity contribution in [1.29, 1.82) is 0 Å². The quantitative estimate of drug-likeness (QED) is 0.739. The van der Waals surface area contributed by atoms with E-state index in [9.17, 15) is 9.90 Å². The third-order valence-corrected chi connectivity index (χ3v) is 2.46. The molecule has 0 aliphatic rings. The van der Waals surface area contributed by atoms with Crippen LogP contribution in [0, 0.1) is 0 Å². The number of rotatable bonds is 6. The second-order valence-electron chi connectivity index (χ2n) is 3.87. The molecule has 0 aliphatic heterocycles. The molecule has 1 atom stereocenters. The Morgan fingerprint density at radius 2 is 2.06 bits per heavy atom. The minimum absolute atomic E-state index is 0.0260. The monoisotopic (exact) mass is 237 g/mol. The van der Waals surface area contributed by atoms with Gasteiger partial charge >= 0.3 is 0 Å². The van der Waals surface area contributed by atoms with Crippen LogP contribution in [-0.2, 0) is 4.79 Å². The fourth-order valence-electron chi connectivity index (χ4n) is 1.39. The Kier molecular flexibility index (Phi) is 5.49. The summed E-state index contributed by atoms with van der Waals surface area (Å²) in [6, 6.07) is 7.31. The lowest BCUT2D eigenvalue weighted by Crippen LogP contribution is -2.18. The van der Waals surface area contributed by atoms with Crippen LogP contribution in [-0.4, -0.2) is 24.7 Å². The number of aliphatic hydroxyl groups excluding tert-OH is 1. The van der Waals surface area contributed by atoms with Crippen LogP contribution in [0.4, 0.5) is 0 Å². The highest BCUT2D eigenvalue weighted by molar-refractivity contribution is 5.75. The van der Waals surface area contributed by atoms with Crippen LogP contribution in [0.15, 0.2) is 24.3 Å². The Labute approximate surface area is 102 Å². The molecular formula is C13H19NO3. The number of carbonyl (C=O) groups excluding carboxylic acids is 1. The summed E-state index contributed by atoms with van der Waals surface area (Å²) in [6.07, 6.45) is 0.706. The van der Waals surface area contributed by atoms with Crippen molar-refractivity contribution in [2.45, 2.75) is 25.9 Å². The summed E-state index contributed by atoms with van der Waals surface area (Å²) >= 11 is 0. The highest BCUT2D eigenvalue weighted by Crippen LogP contribution is 2.17. The minimum atomic E-state index is -0.461. The van der Waals surface area contributed by atoms with E-state index in [1.165, 1.54) is 0 Å². The molecule has 1 aromatic rings. The van der Waals surface area contributed by atoms with E-state index in [1.807, 2.05) is 24.3 Å². The summed E-state index contributed by atoms with van der Waals surface area (Å²) in [5, 5.41) is 11.9. The van der Waals surface area contributed by atoms with Crippen molar-refractivity contribution in [3.8, 4) is 5.75 Å². The average molecular weight is 237 g/mol. The second-order valence-corrected chi connectivity index (χ2v) is 3.87. The topological polar surface area (TPSA) is 58.6 Å². The molecule has 1 unspecified atom stereocenters. The van der Waals surface area contributed by atoms with Crippen LogP contribution >= 0.6 is 0 Å². The normalized spacial score (nSPS) is 11.9. The van der Waals surface area contributed by atoms with Crippen LogP contribution in [0.2, 0.25) is 0 Å². The van der Waals surface area contributed by atoms with Crippen LogP contribution in [0.25, 0.3) is 0 Å². The van der Waals surface area contributed by atoms with Gasteiger partial charge in [0.15, 0.2) is 0 Å². The van der Waals surface area contributed by atoms with Gasteiger partial charge < -0.3 is 15.2 Å². The van der Waals surface area contributed by atoms with Crippen molar-refractivity contribution in [3.05, 3.63) is 29.8 Å². The lowest BCUT2D eigenvalue weighted by molar-refractivity contribution is -0.120. The van der Waals surface area contributed by atoms with Gasteiger partial charge in [0.05, 0.1) is 12.7 Å². The number of aliphatic hydroxyl groups is 1. The van der Waals surface area contributed by atoms with E-state index in [4.69, 9.17) is 4.74 Å². The molecular weight excluding hydrogens is 218 g/mol. The zero-order valence-electron chi connectivity index (χ0n) is 10.3. The molecule has 0 spiro atoms. The standard InChI is InChI=1S/C13H19NO3/c1-10(15)11-5-7-12(8-6-11)17-9-3-4-13(16)14-2/h5-8,10,15H,3-4,9H2,1-2H3,(H,14,16). The Morgan fingerprint density at radius 1 is 1.41 bits per heavy atom. The molecule has 1 aromatic carbocycles. The first-order valence-corrected chi connectivity index (χ1v) is 5.75. The molecule has 1 rings (SSSR count). The van der Waals surface area contributed by atoms with Gasteiger partial charge in [-0.05, 0) is 31.0 Å². The fourth-order valence-corrected chi connectivity index (χ4v) is 1.39. The third-order valence-electron chi connectivity index (χ3n) is 2.46. The SMILES string of the molecule is CNC(=O)CCCOc1ccc(C(C)O)cc1. The molecule has 0 radical (unpaired) electrons. The predicted molar refractivity (Wildman–Crippen MR) is 65.9 cm³/mol. The highest BCUT2D eigenvalue weighted by atomic mass is 16.5. The Morgan fingerprint density at radius 3 is 2.59 bits per heavy atom. The fraction of sp³-hybridized carbons (Fsp3) is 0.462. The highest BCUT2D eigenvalue weighted by Gasteiger charge is 2.01. The third kappa shape index (κ3) is 4.87. The lowest BCUT2D eigenvalue weighted by atomic mass is 10.1. The Bertz CT molecular complexity index is 346. The average Bonchev–Trinajstić information content (AvgIpc) is 2.34. The summed E-state index contributed by atoms with van der Waals surface area (Å²) in [6.45, 7) is 2.24. The van der Waals surface area contributed by atoms with Gasteiger partial charge in [-0.2, -0.15) is 0 Å². The van der Waals surface area contributed by atoms with Gasteiger partial charge in [-0.1, -0.05) is 12.1 Å². The molecule has 0 fully saturated rings. The molecule has 1 amide bonds. The van der Waals surface area contributed by atoms with E-state index < -0.39 is 6.10 Å². The van der Waals surface area contributed by atoms with Crippen molar-refractivity contribution >= 4 is 5.91 Å². The minimum Gasteiger partial charge on any atom is -0.494 e. The van der Waals surface area contributed by atoms with Crippen molar-refractivity contribution in [3.63, 3.8) is 0 Å². The van der Waals surface area contributed by atoms with Crippen LogP contribution < -0.4 is 10.1 Å². The molecule has 0 aliphatic carbocycles. The van der Waals surface area contributed by atoms with Crippen molar-refractivity contribution in [2.24, 2.45) is 0 Å². The molecule has 4 nitrogen and oxygen atoms in total. The maximum atomic E-state index is 10.9. The maximum Gasteiger partial charge on any atom is 0.219 e. The summed E-state index contributed by atoms with van der Waals surface area (Å²) in [5.41, 5.74) is 0.864. The van der Waals surface area contributed by atoms with E-state index in [-0.39, 0.29) is 5.91 Å². The largest absolute Gasteiger partial charge is 0.494 e. The van der Waals surface area contributed by atoms with E-state index in [0.717, 1.165) is 11.3 Å². The maximum absolute atomic E-state index is 10.9. The number of ether oxygens (including phenoxy) is 1. The van der Waals surface area contributed by atoms with Crippen LogP contribution in [0.5, 0.6) is 5.75 Å². The van der Waals surface area contributed by atoms with E-state index in [1.54, 1.807) is 14.0 Å². The molecule has 0 aromatic heterocycles. The van der Waals surface area contributed by atoms with Gasteiger partial charge in [-0.3, -0.25) is 4.79 Å². The van der Waals surface area contributed by atoms with Gasteiger partial charge in [-0.15, -0.1) is 0 Å². The summed E-state index contributed by atoms with van der Waals surface area (Å²) in [5.74, 6) is 0.782. The summed E-state index contributed by atoms with van der Waals surface area (Å²) in [4.78, 5) is 10.9. The first-order chi connectivity index (χ1) is 8.13. The number of nitrogens with one attached hydrogen (secondary N) is 1. The van der Waals surface area contributed by atoms with Gasteiger partial charge in [0.25, 0.3) is 0 Å². The zero-order chi connectivity index (χ0) is 12.7. The second kappa shape index (κ2) is 6.91. The van der Waals surface area contributed by atoms with E-state index >= 15 is 0 Å². The number of carbonyl (C=O) groups is 1. The predicted octanol–water partition coefficient (Wildman–Crippen LogP) is 1.64. The molecule has 0 saturated heterocycles. The van der Waals surface area contributed by atoms with Crippen LogP contribution in [0.1, 0.15) is 31.4 Å². The van der Waals surface area contributed by atoms with Gasteiger partial charge in [0, 0.05) is 13.5 Å². The Balaban J connectivity index is 2.30. The van der Waals surface area contributed by atoms with Gasteiger partial charge in [-0.25, -0.2) is 0 Å². The van der Waals surface area contributed by atoms with E-state index in [2.05, 4.69) is 5.32 Å². The molecule has 0 bridgehead atoms. The number of benzene rings is 1. The lowest BCUT2D eigenvalue weighted by Gasteiger charge is -2.08. The van der Waals surface area contributed by atoms with Crippen LogP contribution in [0.3, 0.4) is 0 Å². The first-order valence-electron chi connectivity index (χ1n) is 5.75. The van der Waals surface area contributed by atoms with Crippen molar-refractivity contribution in [1.82, 2.24) is 5.32 Å². The van der Waals surface area contributed by atoms with Gasteiger partial charge in [0.1, 0.15) is 5.75 Å². The summed E-state index contributed by atoms with van der Waals surface area (Å²) in [7, 11) is 1.62. The number of hydrogen-bond acceptors (Lipinski definition) is 3. The molecule has 0 heterocycles. The van der Waals surface area contributed by atoms with Gasteiger partial charge in [0.2, 0.25) is 5.91 Å².